The third-order valence-electron chi connectivity index (χ3n) is 13.3. The smallest absolute Gasteiger partial charge is 0.319 e. The second kappa shape index (κ2) is 30.0. The molecule has 0 radical (unpaired) electrons. The second-order valence-electron chi connectivity index (χ2n) is 22.2. The Labute approximate surface area is 402 Å². The minimum atomic E-state index is -0.716. The monoisotopic (exact) mass is 949 g/mol. The molecule has 3 unspecified atom stereocenters. The van der Waals surface area contributed by atoms with Crippen molar-refractivity contribution in [3.05, 3.63) is 0 Å². The molecule has 0 spiro atoms. The Morgan fingerprint density at radius 2 is 1.02 bits per heavy atom. The highest BCUT2D eigenvalue weighted by Gasteiger charge is 2.43. The number of ether oxygens (including phenoxy) is 3. The van der Waals surface area contributed by atoms with E-state index in [-0.39, 0.29) is 39.2 Å². The van der Waals surface area contributed by atoms with Crippen LogP contribution in [-0.4, -0.2) is 104 Å². The maximum absolute atomic E-state index is 14.2. The lowest BCUT2D eigenvalue weighted by Crippen LogP contribution is -2.45. The molecular formula is C51H100N2O7S3. The van der Waals surface area contributed by atoms with Gasteiger partial charge in [0.15, 0.2) is 0 Å². The van der Waals surface area contributed by atoms with Gasteiger partial charge in [0, 0.05) is 35.4 Å². The Morgan fingerprint density at radius 3 is 1.43 bits per heavy atom. The number of rotatable bonds is 37. The van der Waals surface area contributed by atoms with Gasteiger partial charge in [0.25, 0.3) is 0 Å². The summed E-state index contributed by atoms with van der Waals surface area (Å²) >= 11 is 7.90. The predicted octanol–water partition coefficient (Wildman–Crippen LogP) is 12.5. The van der Waals surface area contributed by atoms with Gasteiger partial charge in [-0.05, 0) is 139 Å². The van der Waals surface area contributed by atoms with Crippen molar-refractivity contribution in [3.63, 3.8) is 0 Å². The van der Waals surface area contributed by atoms with Crippen LogP contribution in [0.3, 0.4) is 0 Å². The summed E-state index contributed by atoms with van der Waals surface area (Å²) in [4.78, 5) is 43.1. The Morgan fingerprint density at radius 1 is 0.587 bits per heavy atom. The zero-order valence-electron chi connectivity index (χ0n) is 43.6. The molecule has 0 aliphatic rings. The lowest BCUT2D eigenvalue weighted by molar-refractivity contribution is -0.170. The molecule has 9 nitrogen and oxygen atoms in total. The first kappa shape index (κ1) is 62.3. The Hall–Kier alpha value is -0.660. The summed E-state index contributed by atoms with van der Waals surface area (Å²) in [6, 6.07) is 0. The maximum atomic E-state index is 14.2. The molecule has 12 heteroatoms. The van der Waals surface area contributed by atoms with Crippen molar-refractivity contribution in [2.75, 3.05) is 37.7 Å². The quantitative estimate of drug-likeness (QED) is 0.0238. The summed E-state index contributed by atoms with van der Waals surface area (Å²) in [5.74, 6) is 1.52. The zero-order valence-corrected chi connectivity index (χ0v) is 46.1. The summed E-state index contributed by atoms with van der Waals surface area (Å²) in [7, 11) is 0. The molecule has 0 aromatic carbocycles. The highest BCUT2D eigenvalue weighted by Crippen LogP contribution is 2.42. The lowest BCUT2D eigenvalue weighted by atomic mass is 9.73. The Bertz CT molecular complexity index is 1280. The highest BCUT2D eigenvalue weighted by atomic mass is 32.2. The highest BCUT2D eigenvalue weighted by molar-refractivity contribution is 8.00. The summed E-state index contributed by atoms with van der Waals surface area (Å²) in [5.41, 5.74) is 2.59. The minimum absolute atomic E-state index is 0.147. The van der Waals surface area contributed by atoms with Gasteiger partial charge in [-0.2, -0.15) is 12.6 Å². The van der Waals surface area contributed by atoms with Gasteiger partial charge in [-0.3, -0.25) is 14.4 Å². The molecule has 0 aromatic rings. The second-order valence-corrected chi connectivity index (χ2v) is 25.4. The van der Waals surface area contributed by atoms with Crippen LogP contribution in [0.5, 0.6) is 0 Å². The lowest BCUT2D eigenvalue weighted by Gasteiger charge is -2.42. The van der Waals surface area contributed by atoms with Crippen LogP contribution >= 0.6 is 36.2 Å². The van der Waals surface area contributed by atoms with Gasteiger partial charge >= 0.3 is 17.9 Å². The molecule has 0 aliphatic heterocycles. The van der Waals surface area contributed by atoms with Gasteiger partial charge in [-0.15, -0.1) is 23.5 Å². The molecule has 0 saturated heterocycles. The fourth-order valence-corrected chi connectivity index (χ4v) is 9.73. The molecule has 0 aromatic heterocycles. The predicted molar refractivity (Wildman–Crippen MR) is 275 cm³/mol. The summed E-state index contributed by atoms with van der Waals surface area (Å²) in [6.07, 6.45) is 13.6. The van der Waals surface area contributed by atoms with Crippen LogP contribution in [0.4, 0.5) is 0 Å². The van der Waals surface area contributed by atoms with E-state index in [0.29, 0.717) is 43.9 Å². The number of nitrogens with zero attached hydrogens (tertiary/aromatic N) is 1. The van der Waals surface area contributed by atoms with Gasteiger partial charge in [0.05, 0.1) is 10.9 Å². The number of unbranched alkanes of at least 4 members (excludes halogenated alkanes) is 3. The molecule has 0 bridgehead atoms. The van der Waals surface area contributed by atoms with E-state index >= 15 is 0 Å². The van der Waals surface area contributed by atoms with Crippen molar-refractivity contribution in [2.24, 2.45) is 22.5 Å². The van der Waals surface area contributed by atoms with E-state index in [1.807, 2.05) is 55.4 Å². The van der Waals surface area contributed by atoms with Crippen molar-refractivity contribution < 1.29 is 33.7 Å². The van der Waals surface area contributed by atoms with Crippen molar-refractivity contribution in [1.29, 1.82) is 0 Å². The molecule has 0 fully saturated rings. The molecule has 0 saturated carbocycles. The fraction of sp³-hybridized carbons (Fsp3) is 0.941. The number of hydrogen-bond donors (Lipinski definition) is 3. The zero-order chi connectivity index (χ0) is 48.7. The SMILES string of the molecule is CCCN(CCC)CCSC(CCCCC(C)(C)C(C)(C)OC(=O)C(CCCCC(C)(C)O)SCCN)C(=O)OC(C)(C)C(C)(C)CCCCC(S)C(=O)OC(C)(C)CCC(C)C. The van der Waals surface area contributed by atoms with Crippen molar-refractivity contribution >= 4 is 54.1 Å². The summed E-state index contributed by atoms with van der Waals surface area (Å²) in [5, 5.41) is 9.10. The van der Waals surface area contributed by atoms with E-state index in [1.54, 1.807) is 23.5 Å². The first-order chi connectivity index (χ1) is 29.0. The molecule has 0 aliphatic carbocycles. The van der Waals surface area contributed by atoms with Crippen molar-refractivity contribution in [3.8, 4) is 0 Å². The molecule has 0 heterocycles. The number of aliphatic hydroxyl groups is 1. The van der Waals surface area contributed by atoms with E-state index in [4.69, 9.17) is 19.9 Å². The van der Waals surface area contributed by atoms with Crippen LogP contribution in [0.25, 0.3) is 0 Å². The van der Waals surface area contributed by atoms with E-state index in [2.05, 4.69) is 72.9 Å². The van der Waals surface area contributed by atoms with Crippen molar-refractivity contribution in [2.45, 2.75) is 252 Å². The molecule has 374 valence electrons. The Kier molecular flexibility index (Phi) is 29.6. The molecule has 3 atom stereocenters. The van der Waals surface area contributed by atoms with Gasteiger partial charge in [0.2, 0.25) is 0 Å². The molecule has 0 rings (SSSR count). The van der Waals surface area contributed by atoms with Crippen LogP contribution in [-0.2, 0) is 28.6 Å². The molecule has 3 N–H and O–H groups in total. The third kappa shape index (κ3) is 26.5. The van der Waals surface area contributed by atoms with Crippen LogP contribution in [0.15, 0.2) is 0 Å². The fourth-order valence-electron chi connectivity index (χ4n) is 7.39. The molecule has 63 heavy (non-hydrogen) atoms. The minimum Gasteiger partial charge on any atom is -0.459 e. The van der Waals surface area contributed by atoms with E-state index in [0.717, 1.165) is 102 Å². The van der Waals surface area contributed by atoms with E-state index in [1.165, 1.54) is 0 Å². The van der Waals surface area contributed by atoms with Crippen LogP contribution in [0, 0.1) is 16.7 Å². The van der Waals surface area contributed by atoms with Crippen molar-refractivity contribution in [1.82, 2.24) is 4.90 Å². The first-order valence-corrected chi connectivity index (χ1v) is 27.3. The largest absolute Gasteiger partial charge is 0.459 e. The average Bonchev–Trinajstić information content (AvgIpc) is 3.15. The third-order valence-corrected chi connectivity index (χ3v) is 16.3. The maximum Gasteiger partial charge on any atom is 0.319 e. The first-order valence-electron chi connectivity index (χ1n) is 24.7. The summed E-state index contributed by atoms with van der Waals surface area (Å²) in [6.45, 7) is 36.7. The van der Waals surface area contributed by atoms with Gasteiger partial charge in [-0.1, -0.05) is 93.9 Å². The number of hydrogen-bond acceptors (Lipinski definition) is 12. The number of esters is 3. The number of thioether (sulfide) groups is 2. The van der Waals surface area contributed by atoms with Crippen LogP contribution in [0.1, 0.15) is 214 Å². The number of nitrogens with two attached hydrogens (primary N) is 1. The molecule has 0 amide bonds. The van der Waals surface area contributed by atoms with Gasteiger partial charge in [0.1, 0.15) is 27.3 Å². The van der Waals surface area contributed by atoms with Crippen LogP contribution < -0.4 is 5.73 Å². The number of thiol groups is 1. The number of carbonyl (C=O) groups excluding carboxylic acids is 3. The van der Waals surface area contributed by atoms with E-state index < -0.39 is 27.7 Å². The van der Waals surface area contributed by atoms with E-state index in [9.17, 15) is 19.5 Å². The standard InChI is InChI=1S/C51H100N2O7S3/c1-17-34-53(35-18-2)36-38-63-42(26-20-23-30-47(7,8)51(15,16)59-44(55)41(62-37-33-52)27-21-24-31-48(9,10)57)45(56)60-50(13,14)46(5,6)29-22-19-25-40(61)43(54)58-49(11,12)32-28-39(3)4/h39-42,57,61H,17-38,52H2,1-16H3. The number of carbonyl (C=O) groups is 3. The van der Waals surface area contributed by atoms with Gasteiger partial charge in [-0.25, -0.2) is 0 Å². The Balaban J connectivity index is 5.64. The molecular weight excluding hydrogens is 849 g/mol. The van der Waals surface area contributed by atoms with Gasteiger partial charge < -0.3 is 30.0 Å². The average molecular weight is 950 g/mol. The topological polar surface area (TPSA) is 128 Å². The van der Waals surface area contributed by atoms with Crippen LogP contribution in [0.2, 0.25) is 0 Å². The summed E-state index contributed by atoms with van der Waals surface area (Å²) < 4.78 is 18.6. The normalized spacial score (nSPS) is 14.8.